The molecule has 1 aliphatic heterocycles. The molecule has 4 nitrogen and oxygen atoms in total. The predicted molar refractivity (Wildman–Crippen MR) is 82.4 cm³/mol. The molecule has 1 atom stereocenters. The number of nitrogens with two attached hydrogens (primary N) is 1. The lowest BCUT2D eigenvalue weighted by molar-refractivity contribution is -0.138. The van der Waals surface area contributed by atoms with E-state index in [2.05, 4.69) is 23.6 Å². The minimum absolute atomic E-state index is 0.197. The van der Waals surface area contributed by atoms with Crippen LogP contribution in [0.1, 0.15) is 46.0 Å². The molecule has 0 aromatic rings. The van der Waals surface area contributed by atoms with Gasteiger partial charge in [0, 0.05) is 25.6 Å². The van der Waals surface area contributed by atoms with Gasteiger partial charge in [0.1, 0.15) is 0 Å². The van der Waals surface area contributed by atoms with Crippen molar-refractivity contribution in [2.24, 2.45) is 17.1 Å². The van der Waals surface area contributed by atoms with Crippen molar-refractivity contribution in [3.8, 4) is 0 Å². The van der Waals surface area contributed by atoms with Gasteiger partial charge in [-0.1, -0.05) is 20.3 Å². The quantitative estimate of drug-likeness (QED) is 0.853. The summed E-state index contributed by atoms with van der Waals surface area (Å²) >= 11 is 0. The van der Waals surface area contributed by atoms with E-state index >= 15 is 0 Å². The van der Waals surface area contributed by atoms with Gasteiger partial charge in [0.25, 0.3) is 0 Å². The fourth-order valence-corrected chi connectivity index (χ4v) is 3.73. The molecule has 1 heterocycles. The minimum Gasteiger partial charge on any atom is -0.341 e. The van der Waals surface area contributed by atoms with E-state index in [1.165, 1.54) is 12.8 Å². The Balaban J connectivity index is 1.88. The number of carbonyl (C=O) groups excluding carboxylic acids is 1. The fourth-order valence-electron chi connectivity index (χ4n) is 3.73. The topological polar surface area (TPSA) is 49.6 Å². The van der Waals surface area contributed by atoms with Gasteiger partial charge < -0.3 is 15.5 Å². The zero-order valence-corrected chi connectivity index (χ0v) is 13.2. The lowest BCUT2D eigenvalue weighted by Crippen LogP contribution is -2.42. The molecule has 0 bridgehead atoms. The van der Waals surface area contributed by atoms with Crippen molar-refractivity contribution in [1.82, 2.24) is 9.80 Å². The van der Waals surface area contributed by atoms with Crippen molar-refractivity contribution in [3.63, 3.8) is 0 Å². The number of amides is 1. The monoisotopic (exact) mass is 281 g/mol. The van der Waals surface area contributed by atoms with Crippen LogP contribution in [0.4, 0.5) is 0 Å². The van der Waals surface area contributed by atoms with Crippen LogP contribution in [0.5, 0.6) is 0 Å². The third-order valence-electron chi connectivity index (χ3n) is 5.13. The summed E-state index contributed by atoms with van der Waals surface area (Å²) < 4.78 is 0. The lowest BCUT2D eigenvalue weighted by Gasteiger charge is -2.31. The number of rotatable bonds is 4. The van der Waals surface area contributed by atoms with E-state index in [-0.39, 0.29) is 11.3 Å². The molecule has 0 radical (unpaired) electrons. The Morgan fingerprint density at radius 3 is 2.65 bits per heavy atom. The van der Waals surface area contributed by atoms with Crippen LogP contribution in [0, 0.1) is 11.3 Å². The van der Waals surface area contributed by atoms with Crippen molar-refractivity contribution in [1.29, 1.82) is 0 Å². The Morgan fingerprint density at radius 2 is 2.00 bits per heavy atom. The third-order valence-corrected chi connectivity index (χ3v) is 5.13. The molecule has 20 heavy (non-hydrogen) atoms. The zero-order chi connectivity index (χ0) is 14.6. The predicted octanol–water partition coefficient (Wildman–Crippen LogP) is 1.70. The summed E-state index contributed by atoms with van der Waals surface area (Å²) in [6.07, 6.45) is 5.64. The minimum atomic E-state index is 0.197. The summed E-state index contributed by atoms with van der Waals surface area (Å²) in [6.45, 7) is 10.3. The van der Waals surface area contributed by atoms with Crippen LogP contribution in [0.25, 0.3) is 0 Å². The molecule has 1 aliphatic carbocycles. The molecule has 4 heteroatoms. The smallest absolute Gasteiger partial charge is 0.226 e. The maximum Gasteiger partial charge on any atom is 0.226 e. The highest BCUT2D eigenvalue weighted by molar-refractivity contribution is 5.80. The van der Waals surface area contributed by atoms with Gasteiger partial charge in [-0.05, 0) is 50.7 Å². The summed E-state index contributed by atoms with van der Waals surface area (Å²) in [6, 6.07) is 0. The Hall–Kier alpha value is -0.610. The average molecular weight is 281 g/mol. The summed E-state index contributed by atoms with van der Waals surface area (Å²) in [5, 5.41) is 0. The lowest BCUT2D eigenvalue weighted by atomic mass is 9.81. The summed E-state index contributed by atoms with van der Waals surface area (Å²) in [5.74, 6) is 0.659. The van der Waals surface area contributed by atoms with Crippen molar-refractivity contribution in [2.45, 2.75) is 46.0 Å². The molecule has 1 saturated heterocycles. The largest absolute Gasteiger partial charge is 0.341 e. The molecule has 2 aliphatic rings. The standard InChI is InChI=1S/C16H31N3O/c1-16(2)7-3-6-14(16)15(20)19-11-5-10-18(12-13-19)9-4-8-17/h14H,3-13,17H2,1-2H3. The van der Waals surface area contributed by atoms with E-state index in [9.17, 15) is 4.79 Å². The van der Waals surface area contributed by atoms with Gasteiger partial charge in [-0.3, -0.25) is 4.79 Å². The maximum absolute atomic E-state index is 12.8. The second-order valence-electron chi connectivity index (χ2n) is 7.10. The Bertz CT molecular complexity index is 330. The fraction of sp³-hybridized carbons (Fsp3) is 0.938. The van der Waals surface area contributed by atoms with E-state index in [1.54, 1.807) is 0 Å². The Morgan fingerprint density at radius 1 is 1.20 bits per heavy atom. The van der Waals surface area contributed by atoms with E-state index < -0.39 is 0 Å². The molecule has 1 saturated carbocycles. The first-order valence-corrected chi connectivity index (χ1v) is 8.26. The first-order valence-electron chi connectivity index (χ1n) is 8.26. The molecule has 116 valence electrons. The Labute approximate surface area is 123 Å². The van der Waals surface area contributed by atoms with Crippen LogP contribution in [-0.4, -0.2) is 55.0 Å². The van der Waals surface area contributed by atoms with Gasteiger partial charge in [-0.15, -0.1) is 0 Å². The van der Waals surface area contributed by atoms with E-state index in [4.69, 9.17) is 5.73 Å². The Kier molecular flexibility index (Phi) is 5.44. The molecular weight excluding hydrogens is 250 g/mol. The highest BCUT2D eigenvalue weighted by Crippen LogP contribution is 2.43. The summed E-state index contributed by atoms with van der Waals surface area (Å²) in [7, 11) is 0. The molecule has 2 rings (SSSR count). The van der Waals surface area contributed by atoms with Gasteiger partial charge in [0.2, 0.25) is 5.91 Å². The highest BCUT2D eigenvalue weighted by Gasteiger charge is 2.41. The summed E-state index contributed by atoms with van der Waals surface area (Å²) in [5.41, 5.74) is 5.78. The summed E-state index contributed by atoms with van der Waals surface area (Å²) in [4.78, 5) is 17.4. The maximum atomic E-state index is 12.8. The molecule has 1 unspecified atom stereocenters. The highest BCUT2D eigenvalue weighted by atomic mass is 16.2. The third kappa shape index (κ3) is 3.73. The molecule has 2 N–H and O–H groups in total. The average Bonchev–Trinajstić information content (AvgIpc) is 2.64. The molecule has 0 spiro atoms. The van der Waals surface area contributed by atoms with Gasteiger partial charge in [0.05, 0.1) is 0 Å². The SMILES string of the molecule is CC1(C)CCCC1C(=O)N1CCCN(CCCN)CC1. The van der Waals surface area contributed by atoms with Gasteiger partial charge in [0.15, 0.2) is 0 Å². The van der Waals surface area contributed by atoms with E-state index in [1.807, 2.05) is 0 Å². The van der Waals surface area contributed by atoms with Crippen molar-refractivity contribution in [2.75, 3.05) is 39.3 Å². The molecule has 1 amide bonds. The second kappa shape index (κ2) is 6.90. The van der Waals surface area contributed by atoms with Crippen LogP contribution in [-0.2, 0) is 4.79 Å². The van der Waals surface area contributed by atoms with Crippen molar-refractivity contribution >= 4 is 5.91 Å². The van der Waals surface area contributed by atoms with Gasteiger partial charge in [-0.25, -0.2) is 0 Å². The first kappa shape index (κ1) is 15.8. The number of hydrogen-bond acceptors (Lipinski definition) is 3. The molecule has 0 aromatic carbocycles. The molecular formula is C16H31N3O. The number of carbonyl (C=O) groups is 1. The number of hydrogen-bond donors (Lipinski definition) is 1. The van der Waals surface area contributed by atoms with Crippen LogP contribution in [0.3, 0.4) is 0 Å². The second-order valence-corrected chi connectivity index (χ2v) is 7.10. The van der Waals surface area contributed by atoms with E-state index in [0.29, 0.717) is 5.91 Å². The van der Waals surface area contributed by atoms with Crippen LogP contribution >= 0.6 is 0 Å². The van der Waals surface area contributed by atoms with Crippen LogP contribution in [0.15, 0.2) is 0 Å². The van der Waals surface area contributed by atoms with Gasteiger partial charge >= 0.3 is 0 Å². The zero-order valence-electron chi connectivity index (χ0n) is 13.2. The van der Waals surface area contributed by atoms with E-state index in [0.717, 1.165) is 58.5 Å². The number of nitrogens with zero attached hydrogens (tertiary/aromatic N) is 2. The normalized spacial score (nSPS) is 27.6. The van der Waals surface area contributed by atoms with Crippen molar-refractivity contribution in [3.05, 3.63) is 0 Å². The van der Waals surface area contributed by atoms with Crippen LogP contribution < -0.4 is 5.73 Å². The van der Waals surface area contributed by atoms with Gasteiger partial charge in [-0.2, -0.15) is 0 Å². The van der Waals surface area contributed by atoms with Crippen molar-refractivity contribution < 1.29 is 4.79 Å². The first-order chi connectivity index (χ1) is 9.54. The molecule has 2 fully saturated rings. The van der Waals surface area contributed by atoms with Crippen LogP contribution in [0.2, 0.25) is 0 Å². The molecule has 0 aromatic heterocycles.